The molecule has 6 N–H and O–H groups in total. The van der Waals surface area contributed by atoms with E-state index in [2.05, 4.69) is 35.4 Å². The third-order valence-corrected chi connectivity index (χ3v) is 6.93. The van der Waals surface area contributed by atoms with Crippen molar-refractivity contribution in [2.75, 3.05) is 38.6 Å². The number of nitrogens with zero attached hydrogens (tertiary/aromatic N) is 5. The van der Waals surface area contributed by atoms with Gasteiger partial charge in [0.15, 0.2) is 11.9 Å². The lowest BCUT2D eigenvalue weighted by Gasteiger charge is -2.33. The van der Waals surface area contributed by atoms with Gasteiger partial charge in [-0.15, -0.1) is 0 Å². The summed E-state index contributed by atoms with van der Waals surface area (Å²) in [5.74, 6) is 0.662. The number of aromatic amines is 1. The largest absolute Gasteiger partial charge is 0.473 e. The van der Waals surface area contributed by atoms with Crippen LogP contribution in [0.1, 0.15) is 29.9 Å². The molecule has 0 bridgehead atoms. The van der Waals surface area contributed by atoms with E-state index in [4.69, 9.17) is 20.9 Å². The summed E-state index contributed by atoms with van der Waals surface area (Å²) in [6.07, 6.45) is 5.20. The maximum absolute atomic E-state index is 12.4. The molecule has 5 heterocycles. The number of hydrogen-bond donors (Lipinski definition) is 4. The molecule has 4 aromatic rings. The van der Waals surface area contributed by atoms with Crippen molar-refractivity contribution in [1.29, 1.82) is 0 Å². The number of nitrogen functional groups attached to an aromatic ring is 1. The first-order valence-corrected chi connectivity index (χ1v) is 13.9. The molecule has 2 aliphatic rings. The smallest absolute Gasteiger partial charge is 0.269 e. The Morgan fingerprint density at radius 3 is 2.74 bits per heavy atom. The summed E-state index contributed by atoms with van der Waals surface area (Å²) < 4.78 is 11.5. The molecule has 218 valence electrons. The van der Waals surface area contributed by atoms with Gasteiger partial charge in [0.1, 0.15) is 12.4 Å². The molecule has 0 saturated carbocycles. The van der Waals surface area contributed by atoms with Crippen molar-refractivity contribution in [3.8, 4) is 28.4 Å². The number of primary amides is 1. The van der Waals surface area contributed by atoms with Crippen LogP contribution in [-0.2, 0) is 4.74 Å². The van der Waals surface area contributed by atoms with Crippen LogP contribution >= 0.6 is 0 Å². The zero-order chi connectivity index (χ0) is 29.6. The van der Waals surface area contributed by atoms with Gasteiger partial charge in [-0.3, -0.25) is 14.9 Å². The minimum absolute atomic E-state index is 0.0244. The number of morpholine rings is 1. The molecule has 1 saturated heterocycles. The highest BCUT2D eigenvalue weighted by atomic mass is 16.5. The van der Waals surface area contributed by atoms with Crippen LogP contribution in [0.5, 0.6) is 5.88 Å². The fraction of sp³-hybridized carbons (Fsp3) is 0.300. The highest BCUT2D eigenvalue weighted by Crippen LogP contribution is 2.37. The molecule has 0 spiro atoms. The molecule has 0 aliphatic carbocycles. The average Bonchev–Trinajstić information content (AvgIpc) is 3.51. The number of pyridine rings is 2. The van der Waals surface area contributed by atoms with Crippen LogP contribution in [0, 0.1) is 6.92 Å². The SMILES string of the molecule is CC.Cc1ccc2[nH]ncc2c1-c1cc(-c2cccc(OCC3N=CC=C(N4CCOCC4)N3)n2)nc(C(N)=O)c1N. The molecule has 42 heavy (non-hydrogen) atoms. The predicted molar refractivity (Wildman–Crippen MR) is 163 cm³/mol. The van der Waals surface area contributed by atoms with Gasteiger partial charge < -0.3 is 31.2 Å². The molecule has 0 radical (unpaired) electrons. The number of carbonyl (C=O) groups excluding carboxylic acids is 1. The summed E-state index contributed by atoms with van der Waals surface area (Å²) in [5.41, 5.74) is 16.5. The van der Waals surface area contributed by atoms with Gasteiger partial charge in [-0.2, -0.15) is 5.10 Å². The Balaban J connectivity index is 0.00000173. The van der Waals surface area contributed by atoms with Crippen LogP contribution in [0.25, 0.3) is 33.4 Å². The zero-order valence-corrected chi connectivity index (χ0v) is 23.9. The highest BCUT2D eigenvalue weighted by molar-refractivity contribution is 6.05. The van der Waals surface area contributed by atoms with Crippen molar-refractivity contribution >= 4 is 28.7 Å². The number of rotatable bonds is 7. The van der Waals surface area contributed by atoms with Gasteiger partial charge in [0.25, 0.3) is 5.91 Å². The molecular weight excluding hydrogens is 534 g/mol. The van der Waals surface area contributed by atoms with Crippen LogP contribution < -0.4 is 21.5 Å². The molecule has 12 heteroatoms. The molecule has 1 amide bonds. The standard InChI is InChI=1S/C28H29N9O3.C2H6/c1-16-5-6-19-18(14-32-36-19)25(16)17-13-21(34-27(26(17)29)28(30)38)20-3-2-4-24(33-20)40-15-22-31-8-7-23(35-22)37-9-11-39-12-10-37;1-2/h2-8,13-14,22,35H,9-12,15,29H2,1H3,(H2,30,38)(H,32,36);1-2H3. The molecule has 2 aliphatic heterocycles. The number of fused-ring (bicyclic) bond motifs is 1. The number of nitrogens with two attached hydrogens (primary N) is 2. The van der Waals surface area contributed by atoms with E-state index in [0.29, 0.717) is 36.0 Å². The molecule has 1 atom stereocenters. The average molecular weight is 570 g/mol. The van der Waals surface area contributed by atoms with Crippen LogP contribution in [0.2, 0.25) is 0 Å². The van der Waals surface area contributed by atoms with E-state index in [1.807, 2.05) is 51.1 Å². The normalized spacial score (nSPS) is 16.3. The molecular formula is C30H35N9O3. The van der Waals surface area contributed by atoms with E-state index in [1.165, 1.54) is 0 Å². The van der Waals surface area contributed by atoms with E-state index in [0.717, 1.165) is 40.9 Å². The van der Waals surface area contributed by atoms with Crippen LogP contribution in [-0.4, -0.2) is 76.3 Å². The van der Waals surface area contributed by atoms with Crippen molar-refractivity contribution in [1.82, 2.24) is 30.4 Å². The minimum atomic E-state index is -0.726. The predicted octanol–water partition coefficient (Wildman–Crippen LogP) is 3.26. The molecule has 6 rings (SSSR count). The topological polar surface area (TPSA) is 170 Å². The van der Waals surface area contributed by atoms with Crippen molar-refractivity contribution in [2.45, 2.75) is 26.9 Å². The van der Waals surface area contributed by atoms with E-state index >= 15 is 0 Å². The number of ether oxygens (including phenoxy) is 2. The third kappa shape index (κ3) is 5.88. The van der Waals surface area contributed by atoms with Gasteiger partial charge in [0.2, 0.25) is 5.88 Å². The van der Waals surface area contributed by atoms with E-state index in [1.54, 1.807) is 24.5 Å². The van der Waals surface area contributed by atoms with Crippen molar-refractivity contribution < 1.29 is 14.3 Å². The van der Waals surface area contributed by atoms with E-state index < -0.39 is 5.91 Å². The number of benzene rings is 1. The molecule has 1 aromatic carbocycles. The summed E-state index contributed by atoms with van der Waals surface area (Å²) in [5, 5.41) is 11.4. The highest BCUT2D eigenvalue weighted by Gasteiger charge is 2.22. The van der Waals surface area contributed by atoms with Gasteiger partial charge in [-0.05, 0) is 42.3 Å². The first-order valence-electron chi connectivity index (χ1n) is 13.9. The Morgan fingerprint density at radius 2 is 1.95 bits per heavy atom. The Hall–Kier alpha value is -4.97. The van der Waals surface area contributed by atoms with Gasteiger partial charge in [0.05, 0.1) is 42.0 Å². The van der Waals surface area contributed by atoms with Gasteiger partial charge in [0, 0.05) is 36.3 Å². The number of aryl methyl sites for hydroxylation is 1. The third-order valence-electron chi connectivity index (χ3n) is 6.93. The number of hydrogen-bond acceptors (Lipinski definition) is 10. The van der Waals surface area contributed by atoms with Crippen LogP contribution in [0.15, 0.2) is 59.5 Å². The van der Waals surface area contributed by atoms with Crippen molar-refractivity contribution in [3.05, 3.63) is 65.7 Å². The zero-order valence-electron chi connectivity index (χ0n) is 23.9. The molecule has 3 aromatic heterocycles. The van der Waals surface area contributed by atoms with Gasteiger partial charge in [-0.1, -0.05) is 26.0 Å². The summed E-state index contributed by atoms with van der Waals surface area (Å²) in [4.78, 5) is 28.2. The number of carbonyl (C=O) groups is 1. The Bertz CT molecular complexity index is 1640. The number of allylic oxidation sites excluding steroid dienone is 1. The summed E-state index contributed by atoms with van der Waals surface area (Å²) in [6, 6.07) is 11.1. The maximum Gasteiger partial charge on any atom is 0.269 e. The molecule has 12 nitrogen and oxygen atoms in total. The fourth-order valence-electron chi connectivity index (χ4n) is 4.93. The van der Waals surface area contributed by atoms with Crippen molar-refractivity contribution in [3.63, 3.8) is 0 Å². The first kappa shape index (κ1) is 28.6. The van der Waals surface area contributed by atoms with Crippen LogP contribution in [0.4, 0.5) is 5.69 Å². The summed E-state index contributed by atoms with van der Waals surface area (Å²) in [7, 11) is 0. The van der Waals surface area contributed by atoms with Crippen LogP contribution in [0.3, 0.4) is 0 Å². The Morgan fingerprint density at radius 1 is 1.14 bits per heavy atom. The second-order valence-corrected chi connectivity index (χ2v) is 9.55. The number of aromatic nitrogens is 4. The van der Waals surface area contributed by atoms with Gasteiger partial charge in [-0.25, -0.2) is 9.97 Å². The van der Waals surface area contributed by atoms with E-state index in [9.17, 15) is 4.79 Å². The number of H-pyrrole nitrogens is 1. The lowest BCUT2D eigenvalue weighted by atomic mass is 9.94. The maximum atomic E-state index is 12.4. The van der Waals surface area contributed by atoms with E-state index in [-0.39, 0.29) is 24.2 Å². The quantitative estimate of drug-likeness (QED) is 0.261. The number of amides is 1. The molecule has 1 unspecified atom stereocenters. The summed E-state index contributed by atoms with van der Waals surface area (Å²) in [6.45, 7) is 9.28. The first-order chi connectivity index (χ1) is 20.5. The number of anilines is 1. The lowest BCUT2D eigenvalue weighted by molar-refractivity contribution is 0.0487. The monoisotopic (exact) mass is 569 g/mol. The molecule has 1 fully saturated rings. The second kappa shape index (κ2) is 12.7. The van der Waals surface area contributed by atoms with Gasteiger partial charge >= 0.3 is 0 Å². The van der Waals surface area contributed by atoms with Crippen molar-refractivity contribution in [2.24, 2.45) is 10.7 Å². The lowest BCUT2D eigenvalue weighted by Crippen LogP contribution is -2.45. The summed E-state index contributed by atoms with van der Waals surface area (Å²) >= 11 is 0. The second-order valence-electron chi connectivity index (χ2n) is 9.55. The Labute approximate surface area is 243 Å². The number of aliphatic imine (C=N–C) groups is 1. The number of nitrogens with one attached hydrogen (secondary N) is 2. The minimum Gasteiger partial charge on any atom is -0.473 e. The Kier molecular flexibility index (Phi) is 8.63. The fourth-order valence-corrected chi connectivity index (χ4v) is 4.93.